The first-order chi connectivity index (χ1) is 9.28. The van der Waals surface area contributed by atoms with Gasteiger partial charge in [0.15, 0.2) is 5.58 Å². The van der Waals surface area contributed by atoms with Crippen molar-refractivity contribution in [1.82, 2.24) is 9.55 Å². The molecule has 0 fully saturated rings. The van der Waals surface area contributed by atoms with Crippen LogP contribution in [-0.2, 0) is 6.54 Å². The summed E-state index contributed by atoms with van der Waals surface area (Å²) in [6.45, 7) is 0.394. The molecule has 96 valence electrons. The van der Waals surface area contributed by atoms with Gasteiger partial charge < -0.3 is 9.73 Å². The van der Waals surface area contributed by atoms with Gasteiger partial charge in [0, 0.05) is 18.9 Å². The zero-order valence-electron chi connectivity index (χ0n) is 10.5. The predicted molar refractivity (Wildman–Crippen MR) is 73.4 cm³/mol. The summed E-state index contributed by atoms with van der Waals surface area (Å²) < 4.78 is 6.77. The molecule has 0 aliphatic carbocycles. The molecule has 3 rings (SSSR count). The molecule has 1 N–H and O–H groups in total. The number of fused-ring (bicyclic) bond motifs is 1. The van der Waals surface area contributed by atoms with E-state index in [2.05, 4.69) is 10.3 Å². The van der Waals surface area contributed by atoms with Gasteiger partial charge in [0.1, 0.15) is 0 Å². The number of hydrogen-bond acceptors (Lipinski definition) is 4. The third kappa shape index (κ3) is 2.10. The van der Waals surface area contributed by atoms with E-state index < -0.39 is 0 Å². The molecule has 0 unspecified atom stereocenters. The lowest BCUT2D eigenvalue weighted by Crippen LogP contribution is -2.15. The average Bonchev–Trinajstić information content (AvgIpc) is 2.76. The highest BCUT2D eigenvalue weighted by Crippen LogP contribution is 2.14. The zero-order valence-corrected chi connectivity index (χ0v) is 10.5. The number of nitrogens with zero attached hydrogens (tertiary/aromatic N) is 2. The maximum atomic E-state index is 11.9. The van der Waals surface area contributed by atoms with Gasteiger partial charge in [0.25, 0.3) is 0 Å². The van der Waals surface area contributed by atoms with Crippen LogP contribution in [0.3, 0.4) is 0 Å². The van der Waals surface area contributed by atoms with Crippen molar-refractivity contribution >= 4 is 16.8 Å². The average molecular weight is 255 g/mol. The minimum absolute atomic E-state index is 0.363. The van der Waals surface area contributed by atoms with Crippen LogP contribution >= 0.6 is 0 Å². The first-order valence-corrected chi connectivity index (χ1v) is 5.99. The normalized spacial score (nSPS) is 10.8. The summed E-state index contributed by atoms with van der Waals surface area (Å²) in [4.78, 5) is 16.1. The fraction of sp³-hybridized carbons (Fsp3) is 0.143. The molecule has 3 aromatic rings. The van der Waals surface area contributed by atoms with E-state index in [1.54, 1.807) is 16.8 Å². The maximum absolute atomic E-state index is 11.9. The molecule has 5 heteroatoms. The molecule has 2 heterocycles. The number of benzene rings is 1. The third-order valence-corrected chi connectivity index (χ3v) is 3.00. The van der Waals surface area contributed by atoms with Gasteiger partial charge in [0.2, 0.25) is 0 Å². The van der Waals surface area contributed by atoms with Crippen molar-refractivity contribution in [2.45, 2.75) is 6.54 Å². The zero-order chi connectivity index (χ0) is 13.2. The summed E-state index contributed by atoms with van der Waals surface area (Å²) in [6.07, 6.45) is 1.72. The quantitative estimate of drug-likeness (QED) is 0.778. The highest BCUT2D eigenvalue weighted by molar-refractivity contribution is 5.72. The van der Waals surface area contributed by atoms with Crippen LogP contribution in [0, 0.1) is 0 Å². The van der Waals surface area contributed by atoms with E-state index in [0.717, 1.165) is 16.9 Å². The Kier molecular flexibility index (Phi) is 2.79. The summed E-state index contributed by atoms with van der Waals surface area (Å²) in [5.41, 5.74) is 3.15. The molecule has 0 spiro atoms. The van der Waals surface area contributed by atoms with Gasteiger partial charge >= 0.3 is 5.76 Å². The number of para-hydroxylation sites is 2. The van der Waals surface area contributed by atoms with Gasteiger partial charge in [-0.05, 0) is 24.3 Å². The number of nitrogens with one attached hydrogen (secondary N) is 1. The number of hydrogen-bond donors (Lipinski definition) is 1. The second kappa shape index (κ2) is 4.61. The minimum Gasteiger partial charge on any atom is -0.408 e. The molecule has 0 amide bonds. The minimum atomic E-state index is -0.363. The van der Waals surface area contributed by atoms with E-state index in [9.17, 15) is 4.79 Å². The Labute approximate surface area is 109 Å². The van der Waals surface area contributed by atoms with Gasteiger partial charge in [-0.15, -0.1) is 0 Å². The van der Waals surface area contributed by atoms with Crippen LogP contribution in [0.15, 0.2) is 51.8 Å². The van der Waals surface area contributed by atoms with Crippen LogP contribution in [0.2, 0.25) is 0 Å². The first kappa shape index (κ1) is 11.5. The van der Waals surface area contributed by atoms with Crippen LogP contribution in [0.5, 0.6) is 0 Å². The number of oxazole rings is 1. The Morgan fingerprint density at radius 2 is 2.16 bits per heavy atom. The summed E-state index contributed by atoms with van der Waals surface area (Å²) in [5, 5.41) is 3.05. The lowest BCUT2D eigenvalue weighted by Gasteiger charge is -2.04. The van der Waals surface area contributed by atoms with Crippen molar-refractivity contribution < 1.29 is 4.42 Å². The Morgan fingerprint density at radius 3 is 3.00 bits per heavy atom. The molecule has 0 aliphatic heterocycles. The fourth-order valence-corrected chi connectivity index (χ4v) is 2.05. The Balaban J connectivity index is 2.05. The van der Waals surface area contributed by atoms with Gasteiger partial charge in [-0.25, -0.2) is 4.79 Å². The molecule has 2 aromatic heterocycles. The molecular formula is C14H13N3O2. The van der Waals surface area contributed by atoms with Crippen molar-refractivity contribution in [3.8, 4) is 0 Å². The maximum Gasteiger partial charge on any atom is 0.420 e. The van der Waals surface area contributed by atoms with Crippen LogP contribution in [0.1, 0.15) is 5.69 Å². The highest BCUT2D eigenvalue weighted by Gasteiger charge is 2.09. The molecule has 19 heavy (non-hydrogen) atoms. The smallest absolute Gasteiger partial charge is 0.408 e. The second-order valence-electron chi connectivity index (χ2n) is 4.21. The van der Waals surface area contributed by atoms with Gasteiger partial charge in [-0.1, -0.05) is 12.1 Å². The van der Waals surface area contributed by atoms with Crippen molar-refractivity contribution in [3.05, 3.63) is 58.8 Å². The summed E-state index contributed by atoms with van der Waals surface area (Å²) in [7, 11) is 1.85. The van der Waals surface area contributed by atoms with E-state index in [0.29, 0.717) is 12.1 Å². The number of anilines is 1. The Hall–Kier alpha value is -2.56. The van der Waals surface area contributed by atoms with Crippen LogP contribution in [0.25, 0.3) is 11.1 Å². The molecule has 0 radical (unpaired) electrons. The van der Waals surface area contributed by atoms with Crippen LogP contribution in [-0.4, -0.2) is 16.6 Å². The molecule has 5 nitrogen and oxygen atoms in total. The topological polar surface area (TPSA) is 60.1 Å². The fourth-order valence-electron chi connectivity index (χ4n) is 2.05. The van der Waals surface area contributed by atoms with E-state index in [4.69, 9.17) is 4.42 Å². The summed E-state index contributed by atoms with van der Waals surface area (Å²) in [5.74, 6) is -0.363. The molecule has 0 bridgehead atoms. The van der Waals surface area contributed by atoms with Gasteiger partial charge in [-0.3, -0.25) is 9.55 Å². The Morgan fingerprint density at radius 1 is 1.32 bits per heavy atom. The molecule has 0 saturated carbocycles. The van der Waals surface area contributed by atoms with E-state index >= 15 is 0 Å². The molecular weight excluding hydrogens is 242 g/mol. The van der Waals surface area contributed by atoms with E-state index in [1.165, 1.54) is 0 Å². The largest absolute Gasteiger partial charge is 0.420 e. The number of pyridine rings is 1. The molecule has 1 aromatic carbocycles. The van der Waals surface area contributed by atoms with Crippen LogP contribution < -0.4 is 11.1 Å². The molecule has 0 saturated heterocycles. The lowest BCUT2D eigenvalue weighted by molar-refractivity contribution is 0.516. The van der Waals surface area contributed by atoms with Crippen molar-refractivity contribution in [1.29, 1.82) is 0 Å². The van der Waals surface area contributed by atoms with Crippen molar-refractivity contribution in [3.63, 3.8) is 0 Å². The highest BCUT2D eigenvalue weighted by atomic mass is 16.4. The first-order valence-electron chi connectivity index (χ1n) is 5.99. The molecule has 0 atom stereocenters. The van der Waals surface area contributed by atoms with Crippen LogP contribution in [0.4, 0.5) is 5.69 Å². The van der Waals surface area contributed by atoms with E-state index in [1.807, 2.05) is 37.4 Å². The summed E-state index contributed by atoms with van der Waals surface area (Å²) >= 11 is 0. The second-order valence-corrected chi connectivity index (χ2v) is 4.21. The number of rotatable bonds is 3. The predicted octanol–water partition coefficient (Wildman–Crippen LogP) is 2.08. The van der Waals surface area contributed by atoms with Gasteiger partial charge in [-0.2, -0.15) is 0 Å². The molecule has 0 aliphatic rings. The SMILES string of the molecule is CNc1ccnc(Cn2c(=O)oc3ccccc32)c1. The summed E-state index contributed by atoms with van der Waals surface area (Å²) in [6, 6.07) is 11.2. The lowest BCUT2D eigenvalue weighted by atomic mass is 10.3. The standard InChI is InChI=1S/C14H13N3O2/c1-15-10-6-7-16-11(8-10)9-17-12-4-2-3-5-13(12)19-14(17)18/h2-8H,9H2,1H3,(H,15,16). The van der Waals surface area contributed by atoms with Gasteiger partial charge in [0.05, 0.1) is 17.8 Å². The van der Waals surface area contributed by atoms with Crippen molar-refractivity contribution in [2.24, 2.45) is 0 Å². The van der Waals surface area contributed by atoms with E-state index in [-0.39, 0.29) is 5.76 Å². The third-order valence-electron chi connectivity index (χ3n) is 3.00. The Bertz CT molecular complexity index is 773. The monoisotopic (exact) mass is 255 g/mol. The van der Waals surface area contributed by atoms with Crippen molar-refractivity contribution in [2.75, 3.05) is 12.4 Å². The number of aromatic nitrogens is 2.